The molecule has 0 spiro atoms. The van der Waals surface area contributed by atoms with E-state index >= 15 is 0 Å². The Kier molecular flexibility index (Phi) is 6.59. The van der Waals surface area contributed by atoms with Gasteiger partial charge in [-0.25, -0.2) is 4.79 Å². The Balaban J connectivity index is 1.92. The number of nitrogens with one attached hydrogen (secondary N) is 2. The Morgan fingerprint density at radius 1 is 1.20 bits per heavy atom. The summed E-state index contributed by atoms with van der Waals surface area (Å²) < 4.78 is 5.07. The fraction of sp³-hybridized carbons (Fsp3) is 0.333. The quantitative estimate of drug-likeness (QED) is 0.719. The third kappa shape index (κ3) is 5.09. The summed E-state index contributed by atoms with van der Waals surface area (Å²) in [7, 11) is 0. The standard InChI is InChI=1S/C18H23N3O4/c1-3-21(4-2)17(23)13-7-5-8-14(11-13)20-18(24)19-12-15(22)16-9-6-10-25-16/h5-11,15,22H,3-4,12H2,1-2H3,(H2,19,20,24). The van der Waals surface area contributed by atoms with E-state index in [2.05, 4.69) is 10.6 Å². The summed E-state index contributed by atoms with van der Waals surface area (Å²) in [4.78, 5) is 26.0. The zero-order valence-corrected chi connectivity index (χ0v) is 14.4. The Morgan fingerprint density at radius 2 is 1.96 bits per heavy atom. The summed E-state index contributed by atoms with van der Waals surface area (Å²) in [5.41, 5.74) is 1.01. The SMILES string of the molecule is CCN(CC)C(=O)c1cccc(NC(=O)NCC(O)c2ccco2)c1. The first-order valence-corrected chi connectivity index (χ1v) is 8.20. The number of carbonyl (C=O) groups excluding carboxylic acids is 2. The van der Waals surface area contributed by atoms with E-state index in [-0.39, 0.29) is 12.5 Å². The number of aliphatic hydroxyl groups is 1. The third-order valence-electron chi connectivity index (χ3n) is 3.75. The first kappa shape index (κ1) is 18.5. The number of carbonyl (C=O) groups is 2. The molecule has 2 aromatic rings. The second-order valence-electron chi connectivity index (χ2n) is 5.42. The molecule has 1 atom stereocenters. The number of urea groups is 1. The van der Waals surface area contributed by atoms with Gasteiger partial charge in [-0.1, -0.05) is 6.07 Å². The minimum atomic E-state index is -0.920. The first-order valence-electron chi connectivity index (χ1n) is 8.20. The maximum absolute atomic E-state index is 12.3. The maximum atomic E-state index is 12.3. The van der Waals surface area contributed by atoms with Crippen molar-refractivity contribution in [1.29, 1.82) is 0 Å². The van der Waals surface area contributed by atoms with E-state index in [9.17, 15) is 14.7 Å². The van der Waals surface area contributed by atoms with Crippen molar-refractivity contribution >= 4 is 17.6 Å². The minimum Gasteiger partial charge on any atom is -0.467 e. The molecule has 0 saturated carbocycles. The summed E-state index contributed by atoms with van der Waals surface area (Å²) in [6.45, 7) is 5.09. The van der Waals surface area contributed by atoms with Crippen LogP contribution in [-0.2, 0) is 0 Å². The van der Waals surface area contributed by atoms with E-state index in [1.54, 1.807) is 41.3 Å². The molecular weight excluding hydrogens is 322 g/mol. The number of furan rings is 1. The van der Waals surface area contributed by atoms with Crippen molar-refractivity contribution in [3.8, 4) is 0 Å². The highest BCUT2D eigenvalue weighted by atomic mass is 16.4. The predicted molar refractivity (Wildman–Crippen MR) is 94.4 cm³/mol. The first-order chi connectivity index (χ1) is 12.0. The summed E-state index contributed by atoms with van der Waals surface area (Å²) in [5.74, 6) is 0.300. The van der Waals surface area contributed by atoms with Gasteiger partial charge in [0.1, 0.15) is 11.9 Å². The summed E-state index contributed by atoms with van der Waals surface area (Å²) in [6.07, 6.45) is 0.535. The lowest BCUT2D eigenvalue weighted by atomic mass is 10.1. The van der Waals surface area contributed by atoms with E-state index in [1.807, 2.05) is 13.8 Å². The molecule has 0 radical (unpaired) electrons. The van der Waals surface area contributed by atoms with Gasteiger partial charge in [-0.2, -0.15) is 0 Å². The molecule has 134 valence electrons. The van der Waals surface area contributed by atoms with Crippen molar-refractivity contribution in [3.05, 3.63) is 54.0 Å². The molecule has 0 aliphatic rings. The third-order valence-corrected chi connectivity index (χ3v) is 3.75. The number of amides is 3. The topological polar surface area (TPSA) is 94.8 Å². The van der Waals surface area contributed by atoms with Crippen LogP contribution in [0.5, 0.6) is 0 Å². The predicted octanol–water partition coefficient (Wildman–Crippen LogP) is 2.62. The van der Waals surface area contributed by atoms with Gasteiger partial charge in [-0.15, -0.1) is 0 Å². The Bertz CT molecular complexity index is 696. The molecule has 7 heteroatoms. The van der Waals surface area contributed by atoms with Gasteiger partial charge in [-0.3, -0.25) is 4.79 Å². The summed E-state index contributed by atoms with van der Waals surface area (Å²) in [6, 6.07) is 9.57. The molecular formula is C18H23N3O4. The Labute approximate surface area is 146 Å². The molecule has 3 amide bonds. The number of aliphatic hydroxyl groups excluding tert-OH is 1. The lowest BCUT2D eigenvalue weighted by molar-refractivity contribution is 0.0773. The maximum Gasteiger partial charge on any atom is 0.319 e. The van der Waals surface area contributed by atoms with Gasteiger partial charge >= 0.3 is 6.03 Å². The van der Waals surface area contributed by atoms with Gasteiger partial charge in [0.25, 0.3) is 5.91 Å². The normalized spacial score (nSPS) is 11.6. The van der Waals surface area contributed by atoms with Gasteiger partial charge < -0.3 is 25.1 Å². The average Bonchev–Trinajstić information content (AvgIpc) is 3.15. The van der Waals surface area contributed by atoms with Gasteiger partial charge in [0, 0.05) is 24.3 Å². The van der Waals surface area contributed by atoms with Crippen molar-refractivity contribution in [2.75, 3.05) is 25.0 Å². The second-order valence-corrected chi connectivity index (χ2v) is 5.42. The van der Waals surface area contributed by atoms with Crippen LogP contribution in [0.1, 0.15) is 36.1 Å². The molecule has 25 heavy (non-hydrogen) atoms. The van der Waals surface area contributed by atoms with E-state index < -0.39 is 12.1 Å². The number of anilines is 1. The fourth-order valence-corrected chi connectivity index (χ4v) is 2.37. The van der Waals surface area contributed by atoms with Gasteiger partial charge in [0.05, 0.1) is 12.8 Å². The molecule has 1 aromatic carbocycles. The van der Waals surface area contributed by atoms with Crippen molar-refractivity contribution in [2.45, 2.75) is 20.0 Å². The fourth-order valence-electron chi connectivity index (χ4n) is 2.37. The molecule has 2 rings (SSSR count). The lowest BCUT2D eigenvalue weighted by Gasteiger charge is -2.19. The molecule has 0 fully saturated rings. The average molecular weight is 345 g/mol. The lowest BCUT2D eigenvalue weighted by Crippen LogP contribution is -2.32. The molecule has 1 heterocycles. The molecule has 0 saturated heterocycles. The molecule has 3 N–H and O–H groups in total. The second kappa shape index (κ2) is 8.89. The van der Waals surface area contributed by atoms with Crippen LogP contribution in [-0.4, -0.2) is 41.6 Å². The highest BCUT2D eigenvalue weighted by molar-refractivity contribution is 5.96. The van der Waals surface area contributed by atoms with Crippen molar-refractivity contribution < 1.29 is 19.1 Å². The summed E-state index contributed by atoms with van der Waals surface area (Å²) in [5, 5.41) is 15.1. The molecule has 0 aliphatic heterocycles. The zero-order valence-electron chi connectivity index (χ0n) is 14.4. The van der Waals surface area contributed by atoms with E-state index in [0.29, 0.717) is 30.1 Å². The van der Waals surface area contributed by atoms with Crippen LogP contribution in [0.25, 0.3) is 0 Å². The molecule has 0 bridgehead atoms. The van der Waals surface area contributed by atoms with Crippen molar-refractivity contribution in [1.82, 2.24) is 10.2 Å². The minimum absolute atomic E-state index is 0.0113. The van der Waals surface area contributed by atoms with Crippen LogP contribution >= 0.6 is 0 Å². The smallest absolute Gasteiger partial charge is 0.319 e. The van der Waals surface area contributed by atoms with E-state index in [0.717, 1.165) is 0 Å². The van der Waals surface area contributed by atoms with Crippen LogP contribution in [0.2, 0.25) is 0 Å². The van der Waals surface area contributed by atoms with Gasteiger partial charge in [0.2, 0.25) is 0 Å². The van der Waals surface area contributed by atoms with Crippen LogP contribution in [0.3, 0.4) is 0 Å². The Hall–Kier alpha value is -2.80. The largest absolute Gasteiger partial charge is 0.467 e. The number of nitrogens with zero attached hydrogens (tertiary/aromatic N) is 1. The Morgan fingerprint density at radius 3 is 2.60 bits per heavy atom. The van der Waals surface area contributed by atoms with Crippen LogP contribution in [0.4, 0.5) is 10.5 Å². The van der Waals surface area contributed by atoms with E-state index in [4.69, 9.17) is 4.42 Å². The highest BCUT2D eigenvalue weighted by Crippen LogP contribution is 2.14. The van der Waals surface area contributed by atoms with Crippen LogP contribution < -0.4 is 10.6 Å². The summed E-state index contributed by atoms with van der Waals surface area (Å²) >= 11 is 0. The van der Waals surface area contributed by atoms with Crippen molar-refractivity contribution in [3.63, 3.8) is 0 Å². The molecule has 1 aromatic heterocycles. The molecule has 1 unspecified atom stereocenters. The van der Waals surface area contributed by atoms with Crippen LogP contribution in [0.15, 0.2) is 47.1 Å². The monoisotopic (exact) mass is 345 g/mol. The number of hydrogen-bond acceptors (Lipinski definition) is 4. The zero-order chi connectivity index (χ0) is 18.2. The number of rotatable bonds is 7. The number of benzene rings is 1. The highest BCUT2D eigenvalue weighted by Gasteiger charge is 2.14. The van der Waals surface area contributed by atoms with Crippen molar-refractivity contribution in [2.24, 2.45) is 0 Å². The number of hydrogen-bond donors (Lipinski definition) is 3. The van der Waals surface area contributed by atoms with Gasteiger partial charge in [-0.05, 0) is 44.2 Å². The van der Waals surface area contributed by atoms with Crippen LogP contribution in [0, 0.1) is 0 Å². The molecule has 0 aliphatic carbocycles. The van der Waals surface area contributed by atoms with E-state index in [1.165, 1.54) is 6.26 Å². The molecule has 7 nitrogen and oxygen atoms in total. The van der Waals surface area contributed by atoms with Gasteiger partial charge in [0.15, 0.2) is 0 Å².